The van der Waals surface area contributed by atoms with Gasteiger partial charge in [0.2, 0.25) is 0 Å². The fraction of sp³-hybridized carbons (Fsp3) is 0.556. The smallest absolute Gasteiger partial charge is 0.160 e. The van der Waals surface area contributed by atoms with Crippen LogP contribution in [-0.2, 0) is 17.8 Å². The van der Waals surface area contributed by atoms with Crippen LogP contribution in [-0.4, -0.2) is 60.9 Å². The number of methoxy groups -OCH3 is 1. The number of rotatable bonds is 9. The Kier molecular flexibility index (Phi) is 8.06. The Balaban J connectivity index is 1.33. The first kappa shape index (κ1) is 23.1. The minimum Gasteiger partial charge on any atom is -0.504 e. The van der Waals surface area contributed by atoms with Crippen LogP contribution in [0.2, 0.25) is 0 Å². The van der Waals surface area contributed by atoms with Crippen molar-refractivity contribution in [1.29, 1.82) is 0 Å². The molecule has 2 aliphatic rings. The van der Waals surface area contributed by atoms with Gasteiger partial charge in [-0.05, 0) is 80.4 Å². The first-order chi connectivity index (χ1) is 15.6. The second-order valence-electron chi connectivity index (χ2n) is 9.48. The highest BCUT2D eigenvalue weighted by Crippen LogP contribution is 2.28. The number of benzene rings is 2. The molecule has 174 valence electrons. The summed E-state index contributed by atoms with van der Waals surface area (Å²) >= 11 is 0. The summed E-state index contributed by atoms with van der Waals surface area (Å²) < 4.78 is 11.2. The fourth-order valence-corrected chi connectivity index (χ4v) is 5.09. The van der Waals surface area contributed by atoms with E-state index in [1.807, 2.05) is 12.1 Å². The minimum atomic E-state index is 0.214. The molecule has 2 aromatic rings. The van der Waals surface area contributed by atoms with Crippen molar-refractivity contribution in [2.24, 2.45) is 5.92 Å². The number of hydrogen-bond acceptors (Lipinski definition) is 5. The Labute approximate surface area is 192 Å². The highest BCUT2D eigenvalue weighted by molar-refractivity contribution is 5.41. The van der Waals surface area contributed by atoms with Gasteiger partial charge in [0, 0.05) is 32.8 Å². The molecule has 2 aliphatic heterocycles. The van der Waals surface area contributed by atoms with Gasteiger partial charge in [0.05, 0.1) is 13.2 Å². The van der Waals surface area contributed by atoms with E-state index in [-0.39, 0.29) is 5.75 Å². The molecule has 0 bridgehead atoms. The molecular formula is C27H38N2O3. The molecule has 0 amide bonds. The Morgan fingerprint density at radius 3 is 2.59 bits per heavy atom. The SMILES string of the molecule is COc1ccc(CN(CC2CCN(Cc3ccccc3C)CC2)CC2CCCO2)cc1O. The molecular weight excluding hydrogens is 400 g/mol. The van der Waals surface area contributed by atoms with Gasteiger partial charge >= 0.3 is 0 Å². The Hall–Kier alpha value is -2.08. The van der Waals surface area contributed by atoms with Crippen molar-refractivity contribution >= 4 is 0 Å². The first-order valence-corrected chi connectivity index (χ1v) is 12.1. The second kappa shape index (κ2) is 11.2. The Morgan fingerprint density at radius 1 is 1.09 bits per heavy atom. The monoisotopic (exact) mass is 438 g/mol. The average Bonchev–Trinajstić information content (AvgIpc) is 3.30. The summed E-state index contributed by atoms with van der Waals surface area (Å²) in [5.41, 5.74) is 3.96. The minimum absolute atomic E-state index is 0.214. The summed E-state index contributed by atoms with van der Waals surface area (Å²) in [6.45, 7) is 9.37. The van der Waals surface area contributed by atoms with Gasteiger partial charge in [-0.3, -0.25) is 9.80 Å². The summed E-state index contributed by atoms with van der Waals surface area (Å²) in [4.78, 5) is 5.14. The van der Waals surface area contributed by atoms with Gasteiger partial charge < -0.3 is 14.6 Å². The molecule has 32 heavy (non-hydrogen) atoms. The molecule has 4 rings (SSSR count). The summed E-state index contributed by atoms with van der Waals surface area (Å²) in [6, 6.07) is 14.5. The van der Waals surface area contributed by atoms with Crippen molar-refractivity contribution < 1.29 is 14.6 Å². The molecule has 1 unspecified atom stereocenters. The van der Waals surface area contributed by atoms with E-state index in [2.05, 4.69) is 47.1 Å². The summed E-state index contributed by atoms with van der Waals surface area (Å²) in [6.07, 6.45) is 5.13. The third-order valence-electron chi connectivity index (χ3n) is 7.01. The maximum absolute atomic E-state index is 10.2. The molecule has 2 heterocycles. The van der Waals surface area contributed by atoms with E-state index in [1.54, 1.807) is 7.11 Å². The van der Waals surface area contributed by atoms with Crippen LogP contribution >= 0.6 is 0 Å². The molecule has 0 aromatic heterocycles. The number of hydrogen-bond donors (Lipinski definition) is 1. The highest BCUT2D eigenvalue weighted by Gasteiger charge is 2.25. The lowest BCUT2D eigenvalue weighted by Crippen LogP contribution is -2.40. The maximum atomic E-state index is 10.2. The number of likely N-dealkylation sites (tertiary alicyclic amines) is 1. The van der Waals surface area contributed by atoms with Crippen molar-refractivity contribution in [3.63, 3.8) is 0 Å². The zero-order valence-electron chi connectivity index (χ0n) is 19.6. The van der Waals surface area contributed by atoms with E-state index in [1.165, 1.54) is 30.4 Å². The van der Waals surface area contributed by atoms with Gasteiger partial charge in [0.1, 0.15) is 0 Å². The number of phenols is 1. The van der Waals surface area contributed by atoms with Crippen LogP contribution < -0.4 is 4.74 Å². The van der Waals surface area contributed by atoms with E-state index in [0.29, 0.717) is 17.8 Å². The van der Waals surface area contributed by atoms with E-state index in [9.17, 15) is 5.11 Å². The molecule has 1 atom stereocenters. The van der Waals surface area contributed by atoms with Crippen LogP contribution in [0.3, 0.4) is 0 Å². The van der Waals surface area contributed by atoms with Gasteiger partial charge in [-0.1, -0.05) is 30.3 Å². The molecule has 2 saturated heterocycles. The number of piperidine rings is 1. The van der Waals surface area contributed by atoms with Crippen LogP contribution in [0.1, 0.15) is 42.4 Å². The molecule has 5 nitrogen and oxygen atoms in total. The summed E-state index contributed by atoms with van der Waals surface area (Å²) in [7, 11) is 1.59. The van der Waals surface area contributed by atoms with Gasteiger partial charge in [0.15, 0.2) is 11.5 Å². The molecule has 1 N–H and O–H groups in total. The largest absolute Gasteiger partial charge is 0.504 e. The molecule has 5 heteroatoms. The number of nitrogens with zero attached hydrogens (tertiary/aromatic N) is 2. The maximum Gasteiger partial charge on any atom is 0.160 e. The third kappa shape index (κ3) is 6.25. The molecule has 0 aliphatic carbocycles. The summed E-state index contributed by atoms with van der Waals surface area (Å²) in [5.74, 6) is 1.45. The van der Waals surface area contributed by atoms with Crippen molar-refractivity contribution in [3.05, 3.63) is 59.2 Å². The number of ether oxygens (including phenoxy) is 2. The van der Waals surface area contributed by atoms with E-state index >= 15 is 0 Å². The predicted octanol–water partition coefficient (Wildman–Crippen LogP) is 4.60. The fourth-order valence-electron chi connectivity index (χ4n) is 5.09. The van der Waals surface area contributed by atoms with Crippen LogP contribution in [0, 0.1) is 12.8 Å². The molecule has 2 aromatic carbocycles. The van der Waals surface area contributed by atoms with E-state index < -0.39 is 0 Å². The standard InChI is InChI=1S/C27H38N2O3/c1-21-6-3-4-7-24(21)19-28-13-11-22(12-14-28)17-29(20-25-8-5-15-32-25)18-23-9-10-27(31-2)26(30)16-23/h3-4,6-7,9-10,16,22,25,30H,5,8,11-15,17-20H2,1-2H3. The average molecular weight is 439 g/mol. The van der Waals surface area contributed by atoms with Crippen LogP contribution in [0.5, 0.6) is 11.5 Å². The zero-order valence-corrected chi connectivity index (χ0v) is 19.6. The molecule has 2 fully saturated rings. The first-order valence-electron chi connectivity index (χ1n) is 12.1. The zero-order chi connectivity index (χ0) is 22.3. The van der Waals surface area contributed by atoms with Crippen molar-refractivity contribution in [2.45, 2.75) is 51.8 Å². The lowest BCUT2D eigenvalue weighted by Gasteiger charge is -2.36. The third-order valence-corrected chi connectivity index (χ3v) is 7.01. The van der Waals surface area contributed by atoms with Crippen LogP contribution in [0.15, 0.2) is 42.5 Å². The van der Waals surface area contributed by atoms with Gasteiger partial charge in [0.25, 0.3) is 0 Å². The molecule has 0 saturated carbocycles. The van der Waals surface area contributed by atoms with Gasteiger partial charge in [-0.2, -0.15) is 0 Å². The van der Waals surface area contributed by atoms with Crippen molar-refractivity contribution in [1.82, 2.24) is 9.80 Å². The topological polar surface area (TPSA) is 45.2 Å². The van der Waals surface area contributed by atoms with Crippen molar-refractivity contribution in [3.8, 4) is 11.5 Å². The second-order valence-corrected chi connectivity index (χ2v) is 9.48. The Morgan fingerprint density at radius 2 is 1.91 bits per heavy atom. The molecule has 0 spiro atoms. The lowest BCUT2D eigenvalue weighted by atomic mass is 9.95. The predicted molar refractivity (Wildman–Crippen MR) is 128 cm³/mol. The quantitative estimate of drug-likeness (QED) is 0.620. The lowest BCUT2D eigenvalue weighted by molar-refractivity contribution is 0.0570. The number of aromatic hydroxyl groups is 1. The van der Waals surface area contributed by atoms with Crippen LogP contribution in [0.25, 0.3) is 0 Å². The summed E-state index contributed by atoms with van der Waals surface area (Å²) in [5, 5.41) is 10.2. The van der Waals surface area contributed by atoms with Crippen LogP contribution in [0.4, 0.5) is 0 Å². The van der Waals surface area contributed by atoms with E-state index in [4.69, 9.17) is 9.47 Å². The normalized spacial score (nSPS) is 20.2. The van der Waals surface area contributed by atoms with Gasteiger partial charge in [-0.15, -0.1) is 0 Å². The highest BCUT2D eigenvalue weighted by atomic mass is 16.5. The number of phenolic OH excluding ortho intramolecular Hbond substituents is 1. The Bertz CT molecular complexity index is 858. The van der Waals surface area contributed by atoms with E-state index in [0.717, 1.165) is 57.9 Å². The van der Waals surface area contributed by atoms with Gasteiger partial charge in [-0.25, -0.2) is 0 Å². The number of aryl methyl sites for hydroxylation is 1. The van der Waals surface area contributed by atoms with Crippen molar-refractivity contribution in [2.75, 3.05) is 39.9 Å². The molecule has 0 radical (unpaired) electrons.